The number of aryl methyl sites for hydroxylation is 2. The minimum atomic E-state index is 0.357. The molecule has 4 rings (SSSR count). The minimum Gasteiger partial charge on any atom is -0.480 e. The van der Waals surface area contributed by atoms with Crippen molar-refractivity contribution in [3.63, 3.8) is 0 Å². The molecule has 0 atom stereocenters. The Morgan fingerprint density at radius 1 is 1.20 bits per heavy atom. The number of methoxy groups -OCH3 is 1. The highest BCUT2D eigenvalue weighted by Gasteiger charge is 2.26. The Morgan fingerprint density at radius 3 is 2.68 bits per heavy atom. The third kappa shape index (κ3) is 2.97. The van der Waals surface area contributed by atoms with Crippen LogP contribution in [0, 0.1) is 13.8 Å². The van der Waals surface area contributed by atoms with Crippen molar-refractivity contribution in [1.29, 1.82) is 0 Å². The van der Waals surface area contributed by atoms with E-state index in [2.05, 4.69) is 25.4 Å². The number of ether oxygens (including phenoxy) is 1. The van der Waals surface area contributed by atoms with Gasteiger partial charge < -0.3 is 9.26 Å². The lowest BCUT2D eigenvalue weighted by Gasteiger charge is -2.30. The van der Waals surface area contributed by atoms with Crippen LogP contribution in [0.1, 0.15) is 41.6 Å². The van der Waals surface area contributed by atoms with Gasteiger partial charge in [-0.3, -0.25) is 4.90 Å². The Labute approximate surface area is 145 Å². The normalized spacial score (nSPS) is 16.6. The summed E-state index contributed by atoms with van der Waals surface area (Å²) in [5.74, 6) is 2.77. The predicted molar refractivity (Wildman–Crippen MR) is 90.6 cm³/mol. The molecule has 1 aliphatic rings. The molecule has 0 N–H and O–H groups in total. The van der Waals surface area contributed by atoms with Gasteiger partial charge in [0.05, 0.1) is 12.8 Å². The molecule has 0 saturated carbocycles. The smallest absolute Gasteiger partial charge is 0.231 e. The lowest BCUT2D eigenvalue weighted by molar-refractivity contribution is 0.199. The van der Waals surface area contributed by atoms with E-state index in [1.165, 1.54) is 5.56 Å². The van der Waals surface area contributed by atoms with E-state index in [9.17, 15) is 0 Å². The van der Waals surface area contributed by atoms with Gasteiger partial charge in [-0.25, -0.2) is 0 Å². The highest BCUT2D eigenvalue weighted by atomic mass is 16.5. The number of aromatic nitrogens is 5. The first-order chi connectivity index (χ1) is 12.2. The van der Waals surface area contributed by atoms with Crippen LogP contribution < -0.4 is 4.74 Å². The summed E-state index contributed by atoms with van der Waals surface area (Å²) in [4.78, 5) is 2.44. The second kappa shape index (κ2) is 6.44. The minimum absolute atomic E-state index is 0.357. The molecular formula is C17H22N6O2. The molecule has 132 valence electrons. The molecule has 0 bridgehead atoms. The summed E-state index contributed by atoms with van der Waals surface area (Å²) in [6.45, 7) is 6.88. The Hall–Kier alpha value is -2.48. The lowest BCUT2D eigenvalue weighted by Crippen LogP contribution is -2.33. The van der Waals surface area contributed by atoms with Gasteiger partial charge >= 0.3 is 0 Å². The molecule has 8 heteroatoms. The van der Waals surface area contributed by atoms with Gasteiger partial charge in [-0.15, -0.1) is 15.3 Å². The van der Waals surface area contributed by atoms with E-state index in [1.807, 2.05) is 24.4 Å². The van der Waals surface area contributed by atoms with Crippen LogP contribution in [-0.4, -0.2) is 50.1 Å². The van der Waals surface area contributed by atoms with Crippen LogP contribution in [0.5, 0.6) is 5.88 Å². The SMILES string of the molecule is COc1ccc2nnc(C3CCN(Cc4c(C)noc4C)CC3)n2n1. The van der Waals surface area contributed by atoms with Crippen molar-refractivity contribution < 1.29 is 9.26 Å². The number of hydrogen-bond acceptors (Lipinski definition) is 7. The fourth-order valence-corrected chi connectivity index (χ4v) is 3.45. The predicted octanol–water partition coefficient (Wildman–Crippen LogP) is 2.12. The zero-order valence-electron chi connectivity index (χ0n) is 14.8. The van der Waals surface area contributed by atoms with Crippen molar-refractivity contribution in [3.8, 4) is 5.88 Å². The van der Waals surface area contributed by atoms with Crippen LogP contribution in [0.2, 0.25) is 0 Å². The first-order valence-electron chi connectivity index (χ1n) is 8.56. The summed E-state index contributed by atoms with van der Waals surface area (Å²) in [7, 11) is 1.62. The van der Waals surface area contributed by atoms with Crippen molar-refractivity contribution in [3.05, 3.63) is 35.0 Å². The third-order valence-electron chi connectivity index (χ3n) is 4.99. The third-order valence-corrected chi connectivity index (χ3v) is 4.99. The van der Waals surface area contributed by atoms with Crippen molar-refractivity contribution in [2.75, 3.05) is 20.2 Å². The van der Waals surface area contributed by atoms with Crippen LogP contribution in [0.3, 0.4) is 0 Å². The Balaban J connectivity index is 1.47. The number of hydrogen-bond donors (Lipinski definition) is 0. The van der Waals surface area contributed by atoms with E-state index < -0.39 is 0 Å². The van der Waals surface area contributed by atoms with Gasteiger partial charge in [0, 0.05) is 24.1 Å². The maximum absolute atomic E-state index is 5.27. The van der Waals surface area contributed by atoms with Gasteiger partial charge in [0.25, 0.3) is 0 Å². The van der Waals surface area contributed by atoms with E-state index in [-0.39, 0.29) is 0 Å². The first-order valence-corrected chi connectivity index (χ1v) is 8.56. The molecule has 0 radical (unpaired) electrons. The Kier molecular flexibility index (Phi) is 4.12. The van der Waals surface area contributed by atoms with Crippen molar-refractivity contribution in [2.24, 2.45) is 0 Å². The topological polar surface area (TPSA) is 81.6 Å². The highest BCUT2D eigenvalue weighted by molar-refractivity contribution is 5.38. The van der Waals surface area contributed by atoms with Crippen LogP contribution >= 0.6 is 0 Å². The summed E-state index contributed by atoms with van der Waals surface area (Å²) in [6.07, 6.45) is 2.06. The highest BCUT2D eigenvalue weighted by Crippen LogP contribution is 2.28. The van der Waals surface area contributed by atoms with E-state index in [1.54, 1.807) is 13.2 Å². The molecule has 1 fully saturated rings. The summed E-state index contributed by atoms with van der Waals surface area (Å²) >= 11 is 0. The molecule has 3 aromatic rings. The molecule has 1 saturated heterocycles. The zero-order valence-corrected chi connectivity index (χ0v) is 14.8. The van der Waals surface area contributed by atoms with E-state index in [0.29, 0.717) is 11.8 Å². The number of likely N-dealkylation sites (tertiary alicyclic amines) is 1. The average molecular weight is 342 g/mol. The standard InChI is InChI=1S/C17H22N6O2/c1-11-14(12(2)25-21-11)10-22-8-6-13(7-9-22)17-19-18-15-4-5-16(24-3)20-23(15)17/h4-5,13H,6-10H2,1-3H3. The van der Waals surface area contributed by atoms with E-state index >= 15 is 0 Å². The molecule has 0 spiro atoms. The van der Waals surface area contributed by atoms with Crippen LogP contribution in [0.4, 0.5) is 0 Å². The Morgan fingerprint density at radius 2 is 2.00 bits per heavy atom. The number of fused-ring (bicyclic) bond motifs is 1. The van der Waals surface area contributed by atoms with Gasteiger partial charge in [-0.05, 0) is 45.8 Å². The van der Waals surface area contributed by atoms with Crippen LogP contribution in [0.25, 0.3) is 5.65 Å². The van der Waals surface area contributed by atoms with Gasteiger partial charge in [0.2, 0.25) is 5.88 Å². The van der Waals surface area contributed by atoms with Crippen LogP contribution in [-0.2, 0) is 6.54 Å². The largest absolute Gasteiger partial charge is 0.480 e. The first kappa shape index (κ1) is 16.0. The van der Waals surface area contributed by atoms with E-state index in [0.717, 1.165) is 55.4 Å². The van der Waals surface area contributed by atoms with Crippen molar-refractivity contribution >= 4 is 5.65 Å². The lowest BCUT2D eigenvalue weighted by atomic mass is 9.95. The summed E-state index contributed by atoms with van der Waals surface area (Å²) < 4.78 is 12.3. The number of rotatable bonds is 4. The molecule has 1 aliphatic heterocycles. The molecule has 0 aliphatic carbocycles. The van der Waals surface area contributed by atoms with Crippen LogP contribution in [0.15, 0.2) is 16.7 Å². The zero-order chi connectivity index (χ0) is 17.4. The molecule has 0 aromatic carbocycles. The summed E-state index contributed by atoms with van der Waals surface area (Å²) in [5.41, 5.74) is 2.95. The fraction of sp³-hybridized carbons (Fsp3) is 0.529. The van der Waals surface area contributed by atoms with Gasteiger partial charge in [-0.2, -0.15) is 4.52 Å². The fourth-order valence-electron chi connectivity index (χ4n) is 3.45. The molecule has 0 unspecified atom stereocenters. The van der Waals surface area contributed by atoms with Gasteiger partial charge in [0.15, 0.2) is 11.5 Å². The molecule has 4 heterocycles. The molecular weight excluding hydrogens is 320 g/mol. The monoisotopic (exact) mass is 342 g/mol. The summed E-state index contributed by atoms with van der Waals surface area (Å²) in [5, 5.41) is 17.1. The van der Waals surface area contributed by atoms with Gasteiger partial charge in [0.1, 0.15) is 5.76 Å². The summed E-state index contributed by atoms with van der Waals surface area (Å²) in [6, 6.07) is 3.69. The molecule has 8 nitrogen and oxygen atoms in total. The van der Waals surface area contributed by atoms with E-state index in [4.69, 9.17) is 9.26 Å². The number of nitrogens with zero attached hydrogens (tertiary/aromatic N) is 6. The quantitative estimate of drug-likeness (QED) is 0.718. The second-order valence-electron chi connectivity index (χ2n) is 6.56. The second-order valence-corrected chi connectivity index (χ2v) is 6.56. The Bertz CT molecular complexity index is 859. The van der Waals surface area contributed by atoms with Gasteiger partial charge in [-0.1, -0.05) is 5.16 Å². The van der Waals surface area contributed by atoms with Crippen molar-refractivity contribution in [2.45, 2.75) is 39.2 Å². The van der Waals surface area contributed by atoms with Crippen molar-refractivity contribution in [1.82, 2.24) is 29.9 Å². The average Bonchev–Trinajstić information content (AvgIpc) is 3.20. The maximum Gasteiger partial charge on any atom is 0.231 e. The maximum atomic E-state index is 5.27. The molecule has 0 amide bonds. The number of piperidine rings is 1. The molecule has 25 heavy (non-hydrogen) atoms. The molecule has 3 aromatic heterocycles.